The van der Waals surface area contributed by atoms with Crippen LogP contribution < -0.4 is 9.62 Å². The number of carbonyl (C=O) groups is 1. The molecule has 0 saturated carbocycles. The van der Waals surface area contributed by atoms with Crippen LogP contribution in [0.5, 0.6) is 0 Å². The number of nitrogens with zero attached hydrogens (tertiary/aromatic N) is 1. The molecule has 0 radical (unpaired) electrons. The van der Waals surface area contributed by atoms with Gasteiger partial charge in [-0.25, -0.2) is 12.8 Å². The lowest BCUT2D eigenvalue weighted by atomic mass is 9.82. The van der Waals surface area contributed by atoms with E-state index in [1.807, 2.05) is 24.3 Å². The van der Waals surface area contributed by atoms with Gasteiger partial charge >= 0.3 is 0 Å². The first-order valence-corrected chi connectivity index (χ1v) is 11.9. The van der Waals surface area contributed by atoms with Gasteiger partial charge in [-0.1, -0.05) is 44.2 Å². The van der Waals surface area contributed by atoms with Gasteiger partial charge in [0.25, 0.3) is 15.9 Å². The monoisotopic (exact) mass is 452 g/mol. The van der Waals surface area contributed by atoms with Gasteiger partial charge in [0.2, 0.25) is 0 Å². The van der Waals surface area contributed by atoms with Crippen LogP contribution in [0.1, 0.15) is 41.8 Å². The molecule has 1 aliphatic heterocycles. The summed E-state index contributed by atoms with van der Waals surface area (Å²) in [5.74, 6) is -0.667. The van der Waals surface area contributed by atoms with Gasteiger partial charge in [0.1, 0.15) is 5.82 Å². The van der Waals surface area contributed by atoms with Crippen LogP contribution in [0.3, 0.4) is 0 Å². The van der Waals surface area contributed by atoms with E-state index in [1.54, 1.807) is 12.1 Å². The topological polar surface area (TPSA) is 66.5 Å². The molecule has 166 valence electrons. The Morgan fingerprint density at radius 3 is 2.34 bits per heavy atom. The van der Waals surface area contributed by atoms with Gasteiger partial charge in [-0.05, 0) is 60.0 Å². The van der Waals surface area contributed by atoms with Crippen molar-refractivity contribution in [1.82, 2.24) is 5.32 Å². The summed E-state index contributed by atoms with van der Waals surface area (Å²) in [7, 11) is -3.77. The molecule has 4 rings (SSSR count). The van der Waals surface area contributed by atoms with Crippen LogP contribution in [0.4, 0.5) is 10.1 Å². The molecule has 0 spiro atoms. The molecule has 1 atom stereocenters. The van der Waals surface area contributed by atoms with Crippen molar-refractivity contribution in [3.8, 4) is 0 Å². The molecule has 0 bridgehead atoms. The van der Waals surface area contributed by atoms with Crippen LogP contribution in [-0.4, -0.2) is 20.9 Å². The van der Waals surface area contributed by atoms with E-state index in [2.05, 4.69) is 19.2 Å². The van der Waals surface area contributed by atoms with Crippen LogP contribution in [0.15, 0.2) is 77.7 Å². The van der Waals surface area contributed by atoms with Crippen molar-refractivity contribution < 1.29 is 17.6 Å². The van der Waals surface area contributed by atoms with Crippen molar-refractivity contribution in [3.05, 3.63) is 95.3 Å². The van der Waals surface area contributed by atoms with Crippen LogP contribution in [0, 0.1) is 5.82 Å². The lowest BCUT2D eigenvalue weighted by molar-refractivity contribution is 0.0951. The third-order valence-electron chi connectivity index (χ3n) is 6.17. The third-order valence-corrected chi connectivity index (χ3v) is 7.94. The Labute approximate surface area is 187 Å². The van der Waals surface area contributed by atoms with Crippen molar-refractivity contribution in [2.45, 2.75) is 37.1 Å². The molecule has 1 amide bonds. The smallest absolute Gasteiger partial charge is 0.264 e. The Morgan fingerprint density at radius 2 is 1.69 bits per heavy atom. The molecule has 32 heavy (non-hydrogen) atoms. The van der Waals surface area contributed by atoms with E-state index in [0.717, 1.165) is 17.5 Å². The highest BCUT2D eigenvalue weighted by Gasteiger charge is 2.42. The quantitative estimate of drug-likeness (QED) is 0.593. The number of nitrogens with one attached hydrogen (secondary N) is 1. The number of hydrogen-bond acceptors (Lipinski definition) is 3. The normalized spacial score (nSPS) is 17.8. The summed E-state index contributed by atoms with van der Waals surface area (Å²) in [6.45, 7) is 4.77. The van der Waals surface area contributed by atoms with E-state index in [-0.39, 0.29) is 28.6 Å². The SMILES string of the molecule is CCC1(C)CN(S(=O)(=O)c2ccc(C(=O)NCc3ccc(F)cc3)cc2)c2ccccc21. The highest BCUT2D eigenvalue weighted by Crippen LogP contribution is 2.44. The summed E-state index contributed by atoms with van der Waals surface area (Å²) in [6, 6.07) is 19.4. The highest BCUT2D eigenvalue weighted by molar-refractivity contribution is 7.92. The number of amides is 1. The predicted molar refractivity (Wildman–Crippen MR) is 123 cm³/mol. The van der Waals surface area contributed by atoms with Crippen molar-refractivity contribution >= 4 is 21.6 Å². The van der Waals surface area contributed by atoms with E-state index >= 15 is 0 Å². The Morgan fingerprint density at radius 1 is 1.03 bits per heavy atom. The van der Waals surface area contributed by atoms with E-state index < -0.39 is 10.0 Å². The van der Waals surface area contributed by atoms with Gasteiger partial charge in [0, 0.05) is 24.1 Å². The van der Waals surface area contributed by atoms with E-state index in [0.29, 0.717) is 17.8 Å². The van der Waals surface area contributed by atoms with Crippen LogP contribution in [-0.2, 0) is 22.0 Å². The first kappa shape index (κ1) is 22.0. The first-order valence-electron chi connectivity index (χ1n) is 10.5. The largest absolute Gasteiger partial charge is 0.348 e. The molecular weight excluding hydrogens is 427 g/mol. The van der Waals surface area contributed by atoms with Gasteiger partial charge < -0.3 is 5.32 Å². The Bertz CT molecular complexity index is 1240. The zero-order chi connectivity index (χ0) is 22.9. The summed E-state index contributed by atoms with van der Waals surface area (Å²) in [6.07, 6.45) is 0.823. The zero-order valence-corrected chi connectivity index (χ0v) is 18.8. The predicted octanol–water partition coefficient (Wildman–Crippen LogP) is 4.63. The number of sulfonamides is 1. The van der Waals surface area contributed by atoms with E-state index in [9.17, 15) is 17.6 Å². The van der Waals surface area contributed by atoms with E-state index in [4.69, 9.17) is 0 Å². The zero-order valence-electron chi connectivity index (χ0n) is 18.0. The number of anilines is 1. The Hall–Kier alpha value is -3.19. The Kier molecular flexibility index (Phi) is 5.77. The minimum Gasteiger partial charge on any atom is -0.348 e. The number of hydrogen-bond donors (Lipinski definition) is 1. The van der Waals surface area contributed by atoms with Gasteiger partial charge in [-0.3, -0.25) is 9.10 Å². The lowest BCUT2D eigenvalue weighted by Gasteiger charge is -2.24. The van der Waals surface area contributed by atoms with Gasteiger partial charge in [-0.15, -0.1) is 0 Å². The average Bonchev–Trinajstić information content (AvgIpc) is 3.13. The number of carbonyl (C=O) groups excluding carboxylic acids is 1. The minimum atomic E-state index is -3.77. The standard InChI is InChI=1S/C25H25FN2O3S/c1-3-25(2)17-28(23-7-5-4-6-22(23)25)32(30,31)21-14-10-19(11-15-21)24(29)27-16-18-8-12-20(26)13-9-18/h4-15H,3,16-17H2,1-2H3,(H,27,29). The summed E-state index contributed by atoms with van der Waals surface area (Å²) in [4.78, 5) is 12.6. The second-order valence-electron chi connectivity index (χ2n) is 8.28. The summed E-state index contributed by atoms with van der Waals surface area (Å²) in [5.41, 5.74) is 2.61. The second kappa shape index (κ2) is 8.39. The van der Waals surface area contributed by atoms with Crippen LogP contribution >= 0.6 is 0 Å². The fraction of sp³-hybridized carbons (Fsp3) is 0.240. The van der Waals surface area contributed by atoms with Gasteiger partial charge in [-0.2, -0.15) is 0 Å². The fourth-order valence-electron chi connectivity index (χ4n) is 4.00. The molecule has 0 aromatic heterocycles. The number of fused-ring (bicyclic) bond motifs is 1. The number of para-hydroxylation sites is 1. The highest BCUT2D eigenvalue weighted by atomic mass is 32.2. The fourth-order valence-corrected chi connectivity index (χ4v) is 5.61. The molecule has 3 aromatic carbocycles. The van der Waals surface area contributed by atoms with E-state index in [1.165, 1.54) is 40.7 Å². The van der Waals surface area contributed by atoms with Crippen molar-refractivity contribution in [1.29, 1.82) is 0 Å². The van der Waals surface area contributed by atoms with Crippen molar-refractivity contribution in [3.63, 3.8) is 0 Å². The number of halogens is 1. The molecule has 5 nitrogen and oxygen atoms in total. The average molecular weight is 453 g/mol. The minimum absolute atomic E-state index is 0.141. The van der Waals surface area contributed by atoms with Gasteiger partial charge in [0.05, 0.1) is 10.6 Å². The molecule has 0 fully saturated rings. The van der Waals surface area contributed by atoms with Crippen LogP contribution in [0.2, 0.25) is 0 Å². The molecular formula is C25H25FN2O3S. The number of rotatable bonds is 6. The molecule has 7 heteroatoms. The van der Waals surface area contributed by atoms with Crippen molar-refractivity contribution in [2.24, 2.45) is 0 Å². The molecule has 1 heterocycles. The maximum atomic E-state index is 13.4. The summed E-state index contributed by atoms with van der Waals surface area (Å²) < 4.78 is 41.3. The molecule has 0 aliphatic carbocycles. The third kappa shape index (κ3) is 4.00. The number of benzene rings is 3. The summed E-state index contributed by atoms with van der Waals surface area (Å²) in [5, 5.41) is 2.76. The van der Waals surface area contributed by atoms with Crippen molar-refractivity contribution in [2.75, 3.05) is 10.8 Å². The van der Waals surface area contributed by atoms with Gasteiger partial charge in [0.15, 0.2) is 0 Å². The first-order chi connectivity index (χ1) is 15.2. The second-order valence-corrected chi connectivity index (χ2v) is 10.1. The molecule has 3 aromatic rings. The molecule has 1 unspecified atom stereocenters. The Balaban J connectivity index is 1.52. The summed E-state index contributed by atoms with van der Waals surface area (Å²) >= 11 is 0. The molecule has 0 saturated heterocycles. The van der Waals surface area contributed by atoms with Crippen LogP contribution in [0.25, 0.3) is 0 Å². The molecule has 1 N–H and O–H groups in total. The maximum Gasteiger partial charge on any atom is 0.264 e. The lowest BCUT2D eigenvalue weighted by Crippen LogP contribution is -2.35. The maximum absolute atomic E-state index is 13.4. The molecule has 1 aliphatic rings.